The Morgan fingerprint density at radius 3 is 1.34 bits per heavy atom. The quantitative estimate of drug-likeness (QED) is 0.0524. The predicted molar refractivity (Wildman–Crippen MR) is 152 cm³/mol. The summed E-state index contributed by atoms with van der Waals surface area (Å²) in [5.41, 5.74) is 0. The molecule has 0 amide bonds. The van der Waals surface area contributed by atoms with Gasteiger partial charge in [0, 0.05) is 0 Å². The molecule has 208 valence electrons. The smallest absolute Gasteiger partial charge is 0.362 e. The Labute approximate surface area is 217 Å². The van der Waals surface area contributed by atoms with Crippen LogP contribution in [0.25, 0.3) is 0 Å². The molecular formula is C29H59NO4P+. The van der Waals surface area contributed by atoms with Crippen LogP contribution in [0.2, 0.25) is 0 Å². The summed E-state index contributed by atoms with van der Waals surface area (Å²) in [5, 5.41) is 8.64. The van der Waals surface area contributed by atoms with Crippen LogP contribution in [0.15, 0.2) is 24.3 Å². The van der Waals surface area contributed by atoms with Gasteiger partial charge in [0.05, 0.1) is 21.1 Å². The Hall–Kier alpha value is -0.450. The molecule has 0 fully saturated rings. The molecule has 0 rings (SSSR count). The number of hydrogen-bond acceptors (Lipinski definition) is 2. The van der Waals surface area contributed by atoms with Crippen LogP contribution in [0.5, 0.6) is 0 Å². The lowest BCUT2D eigenvalue weighted by molar-refractivity contribution is -0.875. The van der Waals surface area contributed by atoms with Crippen LogP contribution in [0.3, 0.4) is 0 Å². The molecule has 5 nitrogen and oxygen atoms in total. The van der Waals surface area contributed by atoms with Crippen molar-refractivity contribution in [1.82, 2.24) is 0 Å². The Balaban J connectivity index is 3.59. The first-order valence-corrected chi connectivity index (χ1v) is 16.0. The number of aliphatic hydroxyl groups is 1. The van der Waals surface area contributed by atoms with E-state index in [0.717, 1.165) is 25.7 Å². The number of hydrogen-bond donors (Lipinski definition) is 3. The fourth-order valence-electron chi connectivity index (χ4n) is 4.49. The number of unbranched alkanes of at least 4 members (excludes halogenated alkanes) is 15. The van der Waals surface area contributed by atoms with Crippen LogP contribution in [0.4, 0.5) is 0 Å². The van der Waals surface area contributed by atoms with E-state index in [9.17, 15) is 19.5 Å². The van der Waals surface area contributed by atoms with Crippen molar-refractivity contribution in [3.63, 3.8) is 0 Å². The summed E-state index contributed by atoms with van der Waals surface area (Å²) in [4.78, 5) is 19.2. The van der Waals surface area contributed by atoms with Gasteiger partial charge in [-0.3, -0.25) is 4.57 Å². The summed E-state index contributed by atoms with van der Waals surface area (Å²) >= 11 is 0. The number of nitrogens with zero attached hydrogens (tertiary/aromatic N) is 1. The van der Waals surface area contributed by atoms with E-state index in [0.29, 0.717) is 10.9 Å². The van der Waals surface area contributed by atoms with E-state index >= 15 is 0 Å². The largest absolute Gasteiger partial charge is 0.373 e. The maximum atomic E-state index is 11.8. The van der Waals surface area contributed by atoms with Gasteiger partial charge in [0.2, 0.25) is 5.34 Å². The molecule has 0 heterocycles. The van der Waals surface area contributed by atoms with E-state index in [2.05, 4.69) is 31.2 Å². The second kappa shape index (κ2) is 20.6. The topological polar surface area (TPSA) is 77.8 Å². The standard InChI is InChI=1S/C29H58NO4P/c1-5-6-7-8-9-10-11-12-13-14-15-16-17-18-19-20-21-22-23-24-25-26-27-29(31,35(32,33)34)28-30(2,3)4/h11-12,18-19,31H,5-10,13-17,20-28H2,1-4H3,(H-,32,33,34)/p+1/b12-11-,19-18-. The van der Waals surface area contributed by atoms with E-state index in [4.69, 9.17) is 0 Å². The van der Waals surface area contributed by atoms with Gasteiger partial charge in [0.15, 0.2) is 0 Å². The summed E-state index contributed by atoms with van der Waals surface area (Å²) in [6, 6.07) is 0. The van der Waals surface area contributed by atoms with Crippen molar-refractivity contribution < 1.29 is 23.9 Å². The van der Waals surface area contributed by atoms with Crippen molar-refractivity contribution in [2.75, 3.05) is 27.7 Å². The monoisotopic (exact) mass is 516 g/mol. The average molecular weight is 517 g/mol. The van der Waals surface area contributed by atoms with Gasteiger partial charge in [0.25, 0.3) is 0 Å². The molecule has 0 aliphatic carbocycles. The van der Waals surface area contributed by atoms with Crippen LogP contribution in [-0.2, 0) is 4.57 Å². The van der Waals surface area contributed by atoms with Crippen molar-refractivity contribution in [3.05, 3.63) is 24.3 Å². The molecule has 0 saturated heterocycles. The van der Waals surface area contributed by atoms with Gasteiger partial charge in [-0.05, 0) is 64.2 Å². The first-order valence-electron chi connectivity index (χ1n) is 14.4. The van der Waals surface area contributed by atoms with Crippen molar-refractivity contribution >= 4 is 7.60 Å². The summed E-state index contributed by atoms with van der Waals surface area (Å²) in [7, 11) is 0.964. The summed E-state index contributed by atoms with van der Waals surface area (Å²) in [5.74, 6) is 0. The summed E-state index contributed by atoms with van der Waals surface area (Å²) < 4.78 is 12.1. The molecule has 1 atom stereocenters. The van der Waals surface area contributed by atoms with Crippen LogP contribution in [0.1, 0.15) is 129 Å². The molecule has 0 radical (unpaired) electrons. The third kappa shape index (κ3) is 21.4. The highest BCUT2D eigenvalue weighted by Crippen LogP contribution is 2.52. The van der Waals surface area contributed by atoms with Crippen LogP contribution in [-0.4, -0.2) is 52.4 Å². The number of rotatable bonds is 24. The van der Waals surface area contributed by atoms with E-state index in [1.54, 1.807) is 0 Å². The Morgan fingerprint density at radius 2 is 0.971 bits per heavy atom. The first kappa shape index (κ1) is 34.6. The van der Waals surface area contributed by atoms with Crippen molar-refractivity contribution in [1.29, 1.82) is 0 Å². The fraction of sp³-hybridized carbons (Fsp3) is 0.862. The van der Waals surface area contributed by atoms with Crippen molar-refractivity contribution in [2.45, 2.75) is 134 Å². The summed E-state index contributed by atoms with van der Waals surface area (Å²) in [6.45, 7) is 2.32. The van der Waals surface area contributed by atoms with Gasteiger partial charge in [-0.25, -0.2) is 0 Å². The summed E-state index contributed by atoms with van der Waals surface area (Å²) in [6.07, 6.45) is 31.3. The third-order valence-electron chi connectivity index (χ3n) is 6.52. The van der Waals surface area contributed by atoms with Gasteiger partial charge in [-0.1, -0.05) is 89.0 Å². The zero-order chi connectivity index (χ0) is 26.5. The van der Waals surface area contributed by atoms with Gasteiger partial charge < -0.3 is 19.4 Å². The molecule has 35 heavy (non-hydrogen) atoms. The van der Waals surface area contributed by atoms with Gasteiger partial charge >= 0.3 is 7.60 Å². The molecule has 0 aliphatic rings. The molecule has 0 saturated carbocycles. The zero-order valence-corrected chi connectivity index (χ0v) is 24.5. The highest BCUT2D eigenvalue weighted by molar-refractivity contribution is 7.53. The lowest BCUT2D eigenvalue weighted by Gasteiger charge is -2.35. The van der Waals surface area contributed by atoms with Crippen LogP contribution in [0, 0.1) is 0 Å². The van der Waals surface area contributed by atoms with E-state index in [1.807, 2.05) is 21.1 Å². The molecule has 0 aromatic heterocycles. The van der Waals surface area contributed by atoms with Gasteiger partial charge in [0.1, 0.15) is 6.54 Å². The molecular weight excluding hydrogens is 457 g/mol. The molecule has 0 spiro atoms. The van der Waals surface area contributed by atoms with Crippen molar-refractivity contribution in [2.24, 2.45) is 0 Å². The molecule has 3 N–H and O–H groups in total. The SMILES string of the molecule is CCCCCCC/C=C\CCCCC/C=C\CCCCCCCCC(O)(C[N+](C)(C)C)P(=O)(O)O. The van der Waals surface area contributed by atoms with E-state index in [1.165, 1.54) is 83.5 Å². The van der Waals surface area contributed by atoms with Crippen LogP contribution < -0.4 is 0 Å². The lowest BCUT2D eigenvalue weighted by atomic mass is 10.0. The predicted octanol–water partition coefficient (Wildman–Crippen LogP) is 8.10. The lowest BCUT2D eigenvalue weighted by Crippen LogP contribution is -2.49. The maximum absolute atomic E-state index is 11.8. The van der Waals surface area contributed by atoms with Crippen LogP contribution >= 0.6 is 7.60 Å². The van der Waals surface area contributed by atoms with Gasteiger partial charge in [-0.2, -0.15) is 0 Å². The number of quaternary nitrogens is 1. The third-order valence-corrected chi connectivity index (χ3v) is 7.97. The minimum absolute atomic E-state index is 0.0555. The second-order valence-electron chi connectivity index (χ2n) is 11.4. The molecule has 0 aromatic carbocycles. The average Bonchev–Trinajstić information content (AvgIpc) is 2.75. The zero-order valence-electron chi connectivity index (χ0n) is 23.6. The number of allylic oxidation sites excluding steroid dienone is 4. The van der Waals surface area contributed by atoms with Gasteiger partial charge in [-0.15, -0.1) is 0 Å². The molecule has 0 aromatic rings. The van der Waals surface area contributed by atoms with E-state index in [-0.39, 0.29) is 13.0 Å². The molecule has 0 bridgehead atoms. The Morgan fingerprint density at radius 1 is 0.629 bits per heavy atom. The molecule has 1 unspecified atom stereocenters. The van der Waals surface area contributed by atoms with E-state index < -0.39 is 12.9 Å². The second-order valence-corrected chi connectivity index (χ2v) is 13.3. The Kier molecular flexibility index (Phi) is 20.3. The molecule has 0 aliphatic heterocycles. The minimum Gasteiger partial charge on any atom is -0.373 e. The number of likely N-dealkylation sites (N-methyl/N-ethyl adjacent to an activating group) is 1. The highest BCUT2D eigenvalue weighted by Gasteiger charge is 2.48. The normalized spacial score (nSPS) is 14.8. The molecule has 6 heteroatoms. The highest BCUT2D eigenvalue weighted by atomic mass is 31.2. The van der Waals surface area contributed by atoms with Crippen molar-refractivity contribution in [3.8, 4) is 0 Å². The maximum Gasteiger partial charge on any atom is 0.362 e. The minimum atomic E-state index is -4.55. The Bertz CT molecular complexity index is 594. The first-order chi connectivity index (χ1) is 16.5. The fourth-order valence-corrected chi connectivity index (χ4v) is 5.55.